The van der Waals surface area contributed by atoms with Gasteiger partial charge in [0, 0.05) is 59.4 Å². The molecule has 2 saturated heterocycles. The maximum atomic E-state index is 16.2. The fraction of sp³-hybridized carbons (Fsp3) is 0.800. The van der Waals surface area contributed by atoms with Crippen molar-refractivity contribution >= 4 is 39.0 Å². The number of benzene rings is 1. The Morgan fingerprint density at radius 2 is 1.67 bits per heavy atom. The summed E-state index contributed by atoms with van der Waals surface area (Å²) in [6.45, 7) is 8.49. The van der Waals surface area contributed by atoms with E-state index < -0.39 is 91.3 Å². The van der Waals surface area contributed by atoms with Crippen LogP contribution >= 0.6 is 21.6 Å². The Hall–Kier alpha value is -2.02. The van der Waals surface area contributed by atoms with Crippen molar-refractivity contribution in [2.75, 3.05) is 30.4 Å². The lowest BCUT2D eigenvalue weighted by molar-refractivity contribution is -0.262. The van der Waals surface area contributed by atoms with E-state index in [1.54, 1.807) is 23.1 Å². The first-order chi connectivity index (χ1) is 35.7. The maximum Gasteiger partial charge on any atom is 0.234 e. The van der Waals surface area contributed by atoms with E-state index >= 15 is 9.59 Å². The van der Waals surface area contributed by atoms with Gasteiger partial charge in [0.15, 0.2) is 5.78 Å². The number of allylic oxidation sites excluding steroid dienone is 2. The van der Waals surface area contributed by atoms with Crippen molar-refractivity contribution in [3.8, 4) is 5.75 Å². The summed E-state index contributed by atoms with van der Waals surface area (Å²) in [7, 11) is 2.60. The van der Waals surface area contributed by atoms with Gasteiger partial charge in [-0.15, -0.1) is 0 Å². The molecule has 5 heterocycles. The quantitative estimate of drug-likeness (QED) is 0.0760. The number of carbonyl (C=O) groups excluding carboxylic acids is 2. The zero-order valence-electron chi connectivity index (χ0n) is 44.6. The average molecular weight is 1080 g/mol. The summed E-state index contributed by atoms with van der Waals surface area (Å²) in [5, 5.41) is 112. The molecular formula is C60H85NO12S2. The van der Waals surface area contributed by atoms with Gasteiger partial charge in [-0.2, -0.15) is 0 Å². The molecule has 14 rings (SSSR count). The van der Waals surface area contributed by atoms with Crippen LogP contribution in [0.2, 0.25) is 0 Å². The van der Waals surface area contributed by atoms with Crippen LogP contribution in [0.3, 0.4) is 0 Å². The number of epoxide rings is 1. The van der Waals surface area contributed by atoms with E-state index in [1.807, 2.05) is 6.07 Å². The van der Waals surface area contributed by atoms with Gasteiger partial charge in [-0.3, -0.25) is 9.59 Å². The van der Waals surface area contributed by atoms with Crippen molar-refractivity contribution in [1.29, 1.82) is 0 Å². The first kappa shape index (κ1) is 53.6. The second-order valence-corrected chi connectivity index (χ2v) is 29.5. The van der Waals surface area contributed by atoms with E-state index in [0.717, 1.165) is 24.8 Å². The summed E-state index contributed by atoms with van der Waals surface area (Å²) in [5.74, 6) is -2.08. The number of aryl methyl sites for hydroxylation is 1. The number of amides is 1. The third-order valence-electron chi connectivity index (χ3n) is 24.7. The summed E-state index contributed by atoms with van der Waals surface area (Å²) >= 11 is 0. The fourth-order valence-corrected chi connectivity index (χ4v) is 24.0. The molecule has 414 valence electrons. The Balaban J connectivity index is 1.07. The molecule has 13 nitrogen and oxygen atoms in total. The highest BCUT2D eigenvalue weighted by molar-refractivity contribution is 8.76. The molecule has 1 aromatic carbocycles. The highest BCUT2D eigenvalue weighted by atomic mass is 33.1. The van der Waals surface area contributed by atoms with Gasteiger partial charge in [-0.25, -0.2) is 0 Å². The number of carbonyl (C=O) groups is 2. The maximum absolute atomic E-state index is 16.2. The van der Waals surface area contributed by atoms with Crippen molar-refractivity contribution in [2.45, 2.75) is 190 Å². The molecule has 13 aliphatic rings. The lowest BCUT2D eigenvalue weighted by Gasteiger charge is -2.72. The lowest BCUT2D eigenvalue weighted by Crippen LogP contribution is -2.75. The van der Waals surface area contributed by atoms with Crippen LogP contribution in [0.25, 0.3) is 0 Å². The fourth-order valence-electron chi connectivity index (χ4n) is 21.0. The zero-order valence-corrected chi connectivity index (χ0v) is 46.2. The van der Waals surface area contributed by atoms with Crippen molar-refractivity contribution in [3.05, 3.63) is 47.6 Å². The van der Waals surface area contributed by atoms with Gasteiger partial charge in [-0.1, -0.05) is 80.7 Å². The summed E-state index contributed by atoms with van der Waals surface area (Å²) in [4.78, 5) is 34.1. The van der Waals surface area contributed by atoms with Crippen LogP contribution in [0.1, 0.15) is 142 Å². The molecule has 8 aliphatic carbocycles. The topological polar surface area (TPSA) is 232 Å². The number of nitrogens with zero attached hydrogens (tertiary/aromatic N) is 1. The van der Waals surface area contributed by atoms with Gasteiger partial charge in [0.25, 0.3) is 0 Å². The lowest BCUT2D eigenvalue weighted by atomic mass is 9.33. The van der Waals surface area contributed by atoms with Crippen LogP contribution in [0.5, 0.6) is 5.75 Å². The van der Waals surface area contributed by atoms with E-state index in [9.17, 15) is 46.0 Å². The van der Waals surface area contributed by atoms with Gasteiger partial charge >= 0.3 is 0 Å². The number of phenolic OH excluding ortho intramolecular Hbond substituents is 1. The SMILES string of the molecule is CC(C)C(C)C1OC1C1(O)CC=CC2CC3C4=CC(=O)C5(CC(O)C(O)C6(CCCC6)C35C)C(O)SSCC3CCCC(CO)C35C(=O)N(CC53CCC(CCCO)C3O)c3cc(O)cc(c3)CCC23C1CCC43O. The van der Waals surface area contributed by atoms with Crippen LogP contribution in [-0.4, -0.2) is 130 Å². The van der Waals surface area contributed by atoms with Gasteiger partial charge in [0.05, 0.1) is 40.8 Å². The van der Waals surface area contributed by atoms with E-state index in [4.69, 9.17) is 4.74 Å². The number of phenols is 1. The van der Waals surface area contributed by atoms with Gasteiger partial charge in [0.1, 0.15) is 22.9 Å². The Bertz CT molecular complexity index is 2500. The second kappa shape index (κ2) is 18.5. The Labute approximate surface area is 451 Å². The molecule has 0 radical (unpaired) electrons. The number of aromatic hydroxyl groups is 1. The zero-order chi connectivity index (χ0) is 53.0. The number of rotatable bonds is 7. The average Bonchev–Trinajstić information content (AvgIpc) is 3.84. The standard InChI is InChI=1S/C60H85NO12S2/c1-33(2)34(3)47-50(73-47)58(71)19-8-13-37-26-42-43-28-46(66)57(29-44(65)49(68)54(53(42,57)4)17-5-6-18-54)52(70)75-74-31-39-12-7-11-38(30-63)60(39)51(69)61(32-55(60)20-15-36(48(55)67)10-9-23-62)40-24-35(25-41(64)27-40)14-21-56(37)45(58)16-22-59(43,56)72/h8,13,24-25,27-28,33-34,36-39,42,44-45,47-50,52,62-65,67-68,70-72H,5-7,9-12,14-23,26,29-32H2,1-4H3. The molecule has 1 aromatic rings. The molecule has 8 bridgehead atoms. The molecule has 20 atom stereocenters. The largest absolute Gasteiger partial charge is 0.508 e. The monoisotopic (exact) mass is 1080 g/mol. The molecule has 75 heavy (non-hydrogen) atoms. The Morgan fingerprint density at radius 3 is 2.40 bits per heavy atom. The predicted octanol–water partition coefficient (Wildman–Crippen LogP) is 7.01. The second-order valence-electron chi connectivity index (χ2n) is 27.0. The van der Waals surface area contributed by atoms with Crippen LogP contribution < -0.4 is 4.90 Å². The van der Waals surface area contributed by atoms with Crippen molar-refractivity contribution in [2.24, 2.45) is 79.8 Å². The van der Waals surface area contributed by atoms with Crippen molar-refractivity contribution in [3.63, 3.8) is 0 Å². The number of fused-ring (bicyclic) bond motifs is 1. The minimum atomic E-state index is -1.63. The third-order valence-corrected chi connectivity index (χ3v) is 27.3. The number of ether oxygens (including phenoxy) is 1. The first-order valence-electron chi connectivity index (χ1n) is 29.1. The minimum Gasteiger partial charge on any atom is -0.508 e. The molecule has 8 fully saturated rings. The number of aliphatic hydroxyl groups is 8. The van der Waals surface area contributed by atoms with E-state index in [2.05, 4.69) is 39.8 Å². The summed E-state index contributed by atoms with van der Waals surface area (Å²) in [6, 6.07) is 5.33. The van der Waals surface area contributed by atoms with Crippen LogP contribution in [0.15, 0.2) is 42.0 Å². The number of anilines is 1. The Morgan fingerprint density at radius 1 is 0.893 bits per heavy atom. The van der Waals surface area contributed by atoms with Gasteiger partial charge in [-0.05, 0) is 172 Å². The van der Waals surface area contributed by atoms with Crippen LogP contribution in [0.4, 0.5) is 5.69 Å². The van der Waals surface area contributed by atoms with Crippen molar-refractivity contribution < 1.29 is 60.3 Å². The predicted molar refractivity (Wildman–Crippen MR) is 287 cm³/mol. The number of hydrogen-bond acceptors (Lipinski definition) is 14. The molecule has 1 amide bonds. The molecule has 5 aliphatic heterocycles. The molecular weight excluding hydrogens is 991 g/mol. The molecule has 15 heteroatoms. The van der Waals surface area contributed by atoms with Crippen molar-refractivity contribution in [1.82, 2.24) is 0 Å². The van der Waals surface area contributed by atoms with E-state index in [1.165, 1.54) is 21.6 Å². The van der Waals surface area contributed by atoms with Gasteiger partial charge in [0.2, 0.25) is 5.91 Å². The molecule has 20 unspecified atom stereocenters. The number of aliphatic hydroxyl groups excluding tert-OH is 6. The molecule has 5 spiro atoms. The summed E-state index contributed by atoms with van der Waals surface area (Å²) in [6.07, 6.45) is 10.8. The van der Waals surface area contributed by atoms with E-state index in [0.29, 0.717) is 106 Å². The number of hydrogen-bond donors (Lipinski definition) is 9. The first-order valence-corrected chi connectivity index (χ1v) is 31.5. The smallest absolute Gasteiger partial charge is 0.234 e. The number of ketones is 1. The highest BCUT2D eigenvalue weighted by Gasteiger charge is 2.82. The van der Waals surface area contributed by atoms with Crippen LogP contribution in [-0.2, 0) is 20.7 Å². The van der Waals surface area contributed by atoms with E-state index in [-0.39, 0.29) is 79.8 Å². The Kier molecular flexibility index (Phi) is 13.2. The molecule has 9 N–H and O–H groups in total. The summed E-state index contributed by atoms with van der Waals surface area (Å²) < 4.78 is 6.57. The molecule has 0 aromatic heterocycles. The van der Waals surface area contributed by atoms with Crippen LogP contribution in [0, 0.1) is 79.8 Å². The van der Waals surface area contributed by atoms with Gasteiger partial charge < -0.3 is 55.6 Å². The third kappa shape index (κ3) is 6.78. The summed E-state index contributed by atoms with van der Waals surface area (Å²) in [5.41, 5.74) is -9.53. The molecule has 6 saturated carbocycles. The normalized spacial score (nSPS) is 49.1. The highest BCUT2D eigenvalue weighted by Crippen LogP contribution is 2.80. The minimum absolute atomic E-state index is 0.0173.